The van der Waals surface area contributed by atoms with Crippen LogP contribution in [0, 0.1) is 11.8 Å². The molecular weight excluding hydrogens is 190 g/mol. The van der Waals surface area contributed by atoms with Gasteiger partial charge in [0, 0.05) is 14.2 Å². The van der Waals surface area contributed by atoms with Gasteiger partial charge in [0.05, 0.1) is 6.04 Å². The topological polar surface area (TPSA) is 44.5 Å². The zero-order chi connectivity index (χ0) is 11.3. The summed E-state index contributed by atoms with van der Waals surface area (Å²) in [5, 5.41) is 0. The fourth-order valence-electron chi connectivity index (χ4n) is 2.61. The highest BCUT2D eigenvalue weighted by Gasteiger charge is 2.29. The van der Waals surface area contributed by atoms with Crippen LogP contribution >= 0.6 is 0 Å². The largest absolute Gasteiger partial charge is 0.354 e. The Labute approximate surface area is 93.3 Å². The van der Waals surface area contributed by atoms with Gasteiger partial charge >= 0.3 is 0 Å². The molecule has 1 fully saturated rings. The van der Waals surface area contributed by atoms with Crippen LogP contribution in [0.4, 0.5) is 0 Å². The molecule has 0 radical (unpaired) electrons. The van der Waals surface area contributed by atoms with Crippen molar-refractivity contribution < 1.29 is 9.47 Å². The van der Waals surface area contributed by atoms with E-state index in [1.54, 1.807) is 14.2 Å². The minimum Gasteiger partial charge on any atom is -0.354 e. The summed E-state index contributed by atoms with van der Waals surface area (Å²) >= 11 is 0. The molecule has 90 valence electrons. The normalized spacial score (nSPS) is 29.4. The fraction of sp³-hybridized carbons (Fsp3) is 1.00. The van der Waals surface area contributed by atoms with E-state index in [0.717, 1.165) is 5.92 Å². The smallest absolute Gasteiger partial charge is 0.172 e. The molecule has 1 unspecified atom stereocenters. The highest BCUT2D eigenvalue weighted by molar-refractivity contribution is 4.81. The van der Waals surface area contributed by atoms with Crippen molar-refractivity contribution in [1.29, 1.82) is 0 Å². The second kappa shape index (κ2) is 6.46. The fourth-order valence-corrected chi connectivity index (χ4v) is 2.61. The molecule has 0 spiro atoms. The first-order valence-corrected chi connectivity index (χ1v) is 6.04. The van der Waals surface area contributed by atoms with E-state index in [4.69, 9.17) is 15.2 Å². The standard InChI is InChI=1S/C12H25NO2/c1-4-9-5-7-10(8-6-9)11(13)12(14-2)15-3/h9-12H,4-8,13H2,1-3H3. The van der Waals surface area contributed by atoms with Crippen LogP contribution in [0.3, 0.4) is 0 Å². The molecule has 1 rings (SSSR count). The molecule has 2 N–H and O–H groups in total. The molecule has 0 aliphatic heterocycles. The SMILES string of the molecule is CCC1CCC(C(N)C(OC)OC)CC1. The van der Waals surface area contributed by atoms with Crippen LogP contribution < -0.4 is 5.73 Å². The van der Waals surface area contributed by atoms with Crippen LogP contribution in [0.1, 0.15) is 39.0 Å². The second-order valence-electron chi connectivity index (χ2n) is 4.61. The lowest BCUT2D eigenvalue weighted by Crippen LogP contribution is -2.44. The summed E-state index contributed by atoms with van der Waals surface area (Å²) in [4.78, 5) is 0. The van der Waals surface area contributed by atoms with Gasteiger partial charge in [-0.25, -0.2) is 0 Å². The van der Waals surface area contributed by atoms with Crippen molar-refractivity contribution in [1.82, 2.24) is 0 Å². The highest BCUT2D eigenvalue weighted by atomic mass is 16.7. The van der Waals surface area contributed by atoms with Gasteiger partial charge in [-0.3, -0.25) is 0 Å². The van der Waals surface area contributed by atoms with Crippen LogP contribution in [-0.4, -0.2) is 26.6 Å². The van der Waals surface area contributed by atoms with E-state index in [0.29, 0.717) is 5.92 Å². The van der Waals surface area contributed by atoms with Crippen LogP contribution in [0.5, 0.6) is 0 Å². The summed E-state index contributed by atoms with van der Waals surface area (Å²) in [5.74, 6) is 1.48. The lowest BCUT2D eigenvalue weighted by atomic mass is 9.77. The molecular formula is C12H25NO2. The first kappa shape index (κ1) is 12.9. The Morgan fingerprint density at radius 2 is 1.67 bits per heavy atom. The third-order valence-electron chi connectivity index (χ3n) is 3.79. The van der Waals surface area contributed by atoms with Gasteiger partial charge in [-0.15, -0.1) is 0 Å². The quantitative estimate of drug-likeness (QED) is 0.715. The Morgan fingerprint density at radius 1 is 1.13 bits per heavy atom. The molecule has 0 aromatic carbocycles. The number of ether oxygens (including phenoxy) is 2. The van der Waals surface area contributed by atoms with Crippen LogP contribution in [0.15, 0.2) is 0 Å². The van der Waals surface area contributed by atoms with E-state index in [1.165, 1.54) is 32.1 Å². The summed E-state index contributed by atoms with van der Waals surface area (Å²) in [7, 11) is 3.32. The van der Waals surface area contributed by atoms with E-state index in [9.17, 15) is 0 Å². The highest BCUT2D eigenvalue weighted by Crippen LogP contribution is 2.32. The average molecular weight is 215 g/mol. The molecule has 15 heavy (non-hydrogen) atoms. The molecule has 0 heterocycles. The van der Waals surface area contributed by atoms with Crippen molar-refractivity contribution in [3.05, 3.63) is 0 Å². The van der Waals surface area contributed by atoms with Gasteiger partial charge in [-0.05, 0) is 24.7 Å². The zero-order valence-corrected chi connectivity index (χ0v) is 10.2. The first-order chi connectivity index (χ1) is 7.22. The van der Waals surface area contributed by atoms with E-state index in [1.807, 2.05) is 0 Å². The molecule has 1 aliphatic rings. The van der Waals surface area contributed by atoms with Crippen LogP contribution in [-0.2, 0) is 9.47 Å². The van der Waals surface area contributed by atoms with Gasteiger partial charge in [0.2, 0.25) is 0 Å². The maximum atomic E-state index is 6.15. The van der Waals surface area contributed by atoms with E-state index < -0.39 is 0 Å². The molecule has 0 aromatic heterocycles. The number of hydrogen-bond donors (Lipinski definition) is 1. The summed E-state index contributed by atoms with van der Waals surface area (Å²) in [5.41, 5.74) is 6.15. The van der Waals surface area contributed by atoms with E-state index >= 15 is 0 Å². The van der Waals surface area contributed by atoms with Gasteiger partial charge < -0.3 is 15.2 Å². The minimum atomic E-state index is -0.242. The summed E-state index contributed by atoms with van der Waals surface area (Å²) in [6.07, 6.45) is 6.14. The lowest BCUT2D eigenvalue weighted by molar-refractivity contribution is -0.128. The summed E-state index contributed by atoms with van der Waals surface area (Å²) in [6.45, 7) is 2.28. The van der Waals surface area contributed by atoms with Crippen molar-refractivity contribution in [3.63, 3.8) is 0 Å². The first-order valence-electron chi connectivity index (χ1n) is 6.04. The van der Waals surface area contributed by atoms with Crippen molar-refractivity contribution in [2.75, 3.05) is 14.2 Å². The molecule has 3 heteroatoms. The second-order valence-corrected chi connectivity index (χ2v) is 4.61. The minimum absolute atomic E-state index is 0.0257. The van der Waals surface area contributed by atoms with Gasteiger partial charge in [-0.2, -0.15) is 0 Å². The van der Waals surface area contributed by atoms with Crippen molar-refractivity contribution >= 4 is 0 Å². The van der Waals surface area contributed by atoms with Crippen molar-refractivity contribution in [2.24, 2.45) is 17.6 Å². The molecule has 1 atom stereocenters. The molecule has 1 saturated carbocycles. The third kappa shape index (κ3) is 3.44. The average Bonchev–Trinajstić information content (AvgIpc) is 2.30. The van der Waals surface area contributed by atoms with Crippen LogP contribution in [0.25, 0.3) is 0 Å². The maximum absolute atomic E-state index is 6.15. The third-order valence-corrected chi connectivity index (χ3v) is 3.79. The monoisotopic (exact) mass is 215 g/mol. The molecule has 1 aliphatic carbocycles. The Kier molecular flexibility index (Phi) is 5.58. The molecule has 3 nitrogen and oxygen atoms in total. The Hall–Kier alpha value is -0.120. The molecule has 0 aromatic rings. The molecule has 0 bridgehead atoms. The Bertz CT molecular complexity index is 163. The van der Waals surface area contributed by atoms with Crippen molar-refractivity contribution in [2.45, 2.75) is 51.4 Å². The van der Waals surface area contributed by atoms with Crippen LogP contribution in [0.2, 0.25) is 0 Å². The predicted molar refractivity (Wildman–Crippen MR) is 61.5 cm³/mol. The van der Waals surface area contributed by atoms with Crippen molar-refractivity contribution in [3.8, 4) is 0 Å². The predicted octanol–water partition coefficient (Wildman–Crippen LogP) is 2.15. The van der Waals surface area contributed by atoms with Gasteiger partial charge in [0.1, 0.15) is 0 Å². The Morgan fingerprint density at radius 3 is 2.07 bits per heavy atom. The maximum Gasteiger partial charge on any atom is 0.172 e. The summed E-state index contributed by atoms with van der Waals surface area (Å²) < 4.78 is 10.4. The number of nitrogens with two attached hydrogens (primary N) is 1. The molecule has 0 saturated heterocycles. The Balaban J connectivity index is 2.38. The van der Waals surface area contributed by atoms with Gasteiger partial charge in [0.25, 0.3) is 0 Å². The molecule has 0 amide bonds. The van der Waals surface area contributed by atoms with Gasteiger partial charge in [-0.1, -0.05) is 26.2 Å². The summed E-state index contributed by atoms with van der Waals surface area (Å²) in [6, 6.07) is 0.0257. The zero-order valence-electron chi connectivity index (χ0n) is 10.2. The lowest BCUT2D eigenvalue weighted by Gasteiger charge is -2.34. The number of rotatable bonds is 5. The number of methoxy groups -OCH3 is 2. The van der Waals surface area contributed by atoms with E-state index in [2.05, 4.69) is 6.92 Å². The van der Waals surface area contributed by atoms with E-state index in [-0.39, 0.29) is 12.3 Å². The number of hydrogen-bond acceptors (Lipinski definition) is 3. The van der Waals surface area contributed by atoms with Gasteiger partial charge in [0.15, 0.2) is 6.29 Å².